The highest BCUT2D eigenvalue weighted by molar-refractivity contribution is 6.08. The zero-order valence-electron chi connectivity index (χ0n) is 18.6. The number of carbonyl (C=O) groups is 2. The van der Waals surface area contributed by atoms with Gasteiger partial charge in [-0.25, -0.2) is 4.39 Å². The van der Waals surface area contributed by atoms with Crippen molar-refractivity contribution in [2.75, 3.05) is 30.4 Å². The number of aliphatic hydroxyl groups excluding tert-OH is 1. The molecular weight excluding hydrogens is 464 g/mol. The molecule has 0 bridgehead atoms. The molecule has 0 atom stereocenters. The summed E-state index contributed by atoms with van der Waals surface area (Å²) in [6.45, 7) is 0.538. The quantitative estimate of drug-likeness (QED) is 0.253. The Morgan fingerprint density at radius 1 is 1.00 bits per heavy atom. The van der Waals surface area contributed by atoms with Gasteiger partial charge in [0.1, 0.15) is 5.82 Å². The summed E-state index contributed by atoms with van der Waals surface area (Å²) in [7, 11) is 1.85. The van der Waals surface area contributed by atoms with E-state index in [2.05, 4.69) is 5.32 Å². The molecule has 0 aliphatic rings. The monoisotopic (exact) mass is 486 g/mol. The summed E-state index contributed by atoms with van der Waals surface area (Å²) in [5, 5.41) is 11.3. The van der Waals surface area contributed by atoms with Crippen LogP contribution in [0.25, 0.3) is 6.08 Å². The Labute approximate surface area is 199 Å². The number of halogens is 4. The molecule has 0 saturated heterocycles. The Hall–Kier alpha value is -3.98. The molecule has 5 nitrogen and oxygen atoms in total. The first-order valence-corrected chi connectivity index (χ1v) is 10.5. The molecule has 0 fully saturated rings. The van der Waals surface area contributed by atoms with Crippen LogP contribution in [0, 0.1) is 5.82 Å². The molecule has 0 spiro atoms. The number of hydrogen-bond donors (Lipinski definition) is 2. The van der Waals surface area contributed by atoms with Gasteiger partial charge in [0.2, 0.25) is 0 Å². The highest BCUT2D eigenvalue weighted by atomic mass is 19.4. The second-order valence-corrected chi connectivity index (χ2v) is 7.63. The van der Waals surface area contributed by atoms with Gasteiger partial charge in [0.25, 0.3) is 5.91 Å². The highest BCUT2D eigenvalue weighted by Gasteiger charge is 2.35. The van der Waals surface area contributed by atoms with Crippen LogP contribution < -0.4 is 10.2 Å². The summed E-state index contributed by atoms with van der Waals surface area (Å²) in [6, 6.07) is 15.5. The van der Waals surface area contributed by atoms with E-state index in [-0.39, 0.29) is 18.1 Å². The summed E-state index contributed by atoms with van der Waals surface area (Å²) in [5.74, 6) is -2.99. The van der Waals surface area contributed by atoms with E-state index in [0.29, 0.717) is 18.2 Å². The molecule has 0 saturated carbocycles. The minimum absolute atomic E-state index is 0.0389. The van der Waals surface area contributed by atoms with Crippen molar-refractivity contribution in [1.82, 2.24) is 0 Å². The fourth-order valence-corrected chi connectivity index (χ4v) is 3.23. The third-order valence-electron chi connectivity index (χ3n) is 5.17. The minimum atomic E-state index is -4.92. The van der Waals surface area contributed by atoms with Gasteiger partial charge in [0, 0.05) is 30.5 Å². The first kappa shape index (κ1) is 25.6. The highest BCUT2D eigenvalue weighted by Crippen LogP contribution is 2.32. The molecule has 3 aromatic carbocycles. The zero-order valence-corrected chi connectivity index (χ0v) is 18.6. The Bertz CT molecular complexity index is 1220. The van der Waals surface area contributed by atoms with Crippen molar-refractivity contribution >= 4 is 29.1 Å². The number of amides is 1. The maximum absolute atomic E-state index is 14.2. The van der Waals surface area contributed by atoms with Gasteiger partial charge in [0.05, 0.1) is 17.7 Å². The number of rotatable bonds is 8. The van der Waals surface area contributed by atoms with Crippen molar-refractivity contribution in [3.63, 3.8) is 0 Å². The van der Waals surface area contributed by atoms with Gasteiger partial charge >= 0.3 is 6.18 Å². The fourth-order valence-electron chi connectivity index (χ4n) is 3.23. The van der Waals surface area contributed by atoms with Crippen LogP contribution in [-0.4, -0.2) is 37.0 Å². The third kappa shape index (κ3) is 6.54. The van der Waals surface area contributed by atoms with Crippen LogP contribution >= 0.6 is 0 Å². The maximum atomic E-state index is 14.2. The van der Waals surface area contributed by atoms with Gasteiger partial charge in [-0.15, -0.1) is 0 Å². The average Bonchev–Trinajstić information content (AvgIpc) is 2.82. The van der Waals surface area contributed by atoms with Gasteiger partial charge in [-0.2, -0.15) is 13.2 Å². The molecule has 2 N–H and O–H groups in total. The summed E-state index contributed by atoms with van der Waals surface area (Å²) in [6.07, 6.45) is -1.89. The van der Waals surface area contributed by atoms with Crippen molar-refractivity contribution in [1.29, 1.82) is 0 Å². The number of benzene rings is 3. The van der Waals surface area contributed by atoms with Crippen LogP contribution in [0.4, 0.5) is 28.9 Å². The second-order valence-electron chi connectivity index (χ2n) is 7.63. The number of nitrogens with zero attached hydrogens (tertiary/aromatic N) is 1. The SMILES string of the molecule is CN(CCO)c1ccc(/C=C/C(=O)c2ccc(NC(=O)c3cccc(C(F)(F)F)c3F)cc2)cc1. The zero-order chi connectivity index (χ0) is 25.6. The molecular formula is C26H22F4N2O3. The Balaban J connectivity index is 1.65. The van der Waals surface area contributed by atoms with Crippen LogP contribution in [0.1, 0.15) is 31.8 Å². The van der Waals surface area contributed by atoms with Crippen molar-refractivity contribution in [2.24, 2.45) is 0 Å². The van der Waals surface area contributed by atoms with E-state index >= 15 is 0 Å². The number of aliphatic hydroxyl groups is 1. The van der Waals surface area contributed by atoms with Crippen molar-refractivity contribution in [2.45, 2.75) is 6.18 Å². The lowest BCUT2D eigenvalue weighted by Crippen LogP contribution is -2.20. The summed E-state index contributed by atoms with van der Waals surface area (Å²) in [5.41, 5.74) is -0.0309. The molecule has 182 valence electrons. The van der Waals surface area contributed by atoms with E-state index in [0.717, 1.165) is 23.4 Å². The van der Waals surface area contributed by atoms with Gasteiger partial charge in [-0.1, -0.05) is 24.3 Å². The standard InChI is InChI=1S/C26H22F4N2O3/c1-32(15-16-33)20-12-5-17(6-13-20)7-14-23(34)18-8-10-19(11-9-18)31-25(35)21-3-2-4-22(24(21)27)26(28,29)30/h2-14,33H,15-16H2,1H3,(H,31,35)/b14-7+. The lowest BCUT2D eigenvalue weighted by atomic mass is 10.1. The molecule has 3 rings (SSSR count). The van der Waals surface area contributed by atoms with Crippen LogP contribution in [0.2, 0.25) is 0 Å². The Morgan fingerprint density at radius 3 is 2.26 bits per heavy atom. The smallest absolute Gasteiger partial charge is 0.395 e. The van der Waals surface area contributed by atoms with Crippen LogP contribution in [0.3, 0.4) is 0 Å². The molecule has 0 unspecified atom stereocenters. The van der Waals surface area contributed by atoms with Gasteiger partial charge in [0.15, 0.2) is 5.78 Å². The number of allylic oxidation sites excluding steroid dienone is 1. The molecule has 0 heterocycles. The maximum Gasteiger partial charge on any atom is 0.419 e. The number of likely N-dealkylation sites (N-methyl/N-ethyl adjacent to an activating group) is 1. The topological polar surface area (TPSA) is 69.6 Å². The predicted octanol–water partition coefficient (Wildman–Crippen LogP) is 5.42. The predicted molar refractivity (Wildman–Crippen MR) is 126 cm³/mol. The first-order valence-electron chi connectivity index (χ1n) is 10.5. The van der Waals surface area contributed by atoms with Crippen LogP contribution in [-0.2, 0) is 6.18 Å². The molecule has 0 aromatic heterocycles. The number of nitrogens with one attached hydrogen (secondary N) is 1. The van der Waals surface area contributed by atoms with E-state index in [1.165, 1.54) is 30.3 Å². The summed E-state index contributed by atoms with van der Waals surface area (Å²) < 4.78 is 52.8. The first-order chi connectivity index (χ1) is 16.6. The number of ketones is 1. The van der Waals surface area contributed by atoms with E-state index in [1.54, 1.807) is 6.08 Å². The van der Waals surface area contributed by atoms with Crippen molar-refractivity contribution in [3.8, 4) is 0 Å². The largest absolute Gasteiger partial charge is 0.419 e. The molecule has 3 aromatic rings. The molecule has 0 aliphatic carbocycles. The van der Waals surface area contributed by atoms with Crippen LogP contribution in [0.15, 0.2) is 72.8 Å². The fraction of sp³-hybridized carbons (Fsp3) is 0.154. The van der Waals surface area contributed by atoms with E-state index in [9.17, 15) is 27.2 Å². The normalized spacial score (nSPS) is 11.5. The molecule has 0 radical (unpaired) electrons. The van der Waals surface area contributed by atoms with E-state index in [1.807, 2.05) is 36.2 Å². The summed E-state index contributed by atoms with van der Waals surface area (Å²) >= 11 is 0. The third-order valence-corrected chi connectivity index (χ3v) is 5.17. The number of hydrogen-bond acceptors (Lipinski definition) is 4. The average molecular weight is 486 g/mol. The van der Waals surface area contributed by atoms with E-state index in [4.69, 9.17) is 5.11 Å². The minimum Gasteiger partial charge on any atom is -0.395 e. The molecule has 1 amide bonds. The molecule has 9 heteroatoms. The number of carbonyl (C=O) groups excluding carboxylic acids is 2. The lowest BCUT2D eigenvalue weighted by Gasteiger charge is -2.17. The van der Waals surface area contributed by atoms with Crippen LogP contribution in [0.5, 0.6) is 0 Å². The summed E-state index contributed by atoms with van der Waals surface area (Å²) in [4.78, 5) is 26.6. The van der Waals surface area contributed by atoms with Gasteiger partial charge < -0.3 is 15.3 Å². The van der Waals surface area contributed by atoms with Crippen molar-refractivity contribution in [3.05, 3.63) is 101 Å². The molecule has 0 aliphatic heterocycles. The number of alkyl halides is 3. The van der Waals surface area contributed by atoms with Crippen molar-refractivity contribution < 1.29 is 32.3 Å². The lowest BCUT2D eigenvalue weighted by molar-refractivity contribution is -0.140. The molecule has 35 heavy (non-hydrogen) atoms. The van der Waals surface area contributed by atoms with Gasteiger partial charge in [-0.05, 0) is 60.2 Å². The number of anilines is 2. The Kier molecular flexibility index (Phi) is 8.03. The second kappa shape index (κ2) is 11.0. The Morgan fingerprint density at radius 2 is 1.66 bits per heavy atom. The van der Waals surface area contributed by atoms with Gasteiger partial charge in [-0.3, -0.25) is 9.59 Å². The van der Waals surface area contributed by atoms with E-state index < -0.39 is 29.0 Å².